The summed E-state index contributed by atoms with van der Waals surface area (Å²) in [4.78, 5) is 2.04. The average molecular weight is 175 g/mol. The second-order valence-corrected chi connectivity index (χ2v) is 2.86. The number of nitrogens with two attached hydrogens (primary N) is 1. The SMILES string of the molecule is CN(N)C(=S)N1CCOCC1. The van der Waals surface area contributed by atoms with Gasteiger partial charge < -0.3 is 9.64 Å². The van der Waals surface area contributed by atoms with Crippen LogP contribution in [0.2, 0.25) is 0 Å². The van der Waals surface area contributed by atoms with E-state index in [1.54, 1.807) is 7.05 Å². The standard InChI is InChI=1S/C6H13N3OS/c1-8(7)6(11)9-2-4-10-5-3-9/h2-5,7H2,1H3. The van der Waals surface area contributed by atoms with Crippen molar-refractivity contribution in [3.05, 3.63) is 0 Å². The monoisotopic (exact) mass is 175 g/mol. The zero-order valence-corrected chi connectivity index (χ0v) is 7.43. The van der Waals surface area contributed by atoms with Gasteiger partial charge in [-0.25, -0.2) is 5.84 Å². The molecule has 5 heteroatoms. The van der Waals surface area contributed by atoms with Crippen molar-refractivity contribution in [2.24, 2.45) is 5.84 Å². The second kappa shape index (κ2) is 3.85. The molecule has 0 radical (unpaired) electrons. The van der Waals surface area contributed by atoms with Gasteiger partial charge in [-0.2, -0.15) is 0 Å². The van der Waals surface area contributed by atoms with Gasteiger partial charge in [-0.05, 0) is 12.2 Å². The minimum absolute atomic E-state index is 0.688. The Labute approximate surface area is 71.9 Å². The fourth-order valence-electron chi connectivity index (χ4n) is 0.978. The first kappa shape index (κ1) is 8.70. The number of hydrogen-bond acceptors (Lipinski definition) is 3. The van der Waals surface area contributed by atoms with E-state index in [1.165, 1.54) is 5.01 Å². The summed E-state index contributed by atoms with van der Waals surface area (Å²) in [6.45, 7) is 3.18. The first-order valence-corrected chi connectivity index (χ1v) is 3.97. The zero-order valence-electron chi connectivity index (χ0n) is 6.62. The zero-order chi connectivity index (χ0) is 8.27. The molecule has 0 unspecified atom stereocenters. The predicted octanol–water partition coefficient (Wildman–Crippen LogP) is -0.591. The largest absolute Gasteiger partial charge is 0.378 e. The maximum Gasteiger partial charge on any atom is 0.185 e. The van der Waals surface area contributed by atoms with E-state index in [0.29, 0.717) is 5.11 Å². The molecular weight excluding hydrogens is 162 g/mol. The number of morpholine rings is 1. The molecule has 1 rings (SSSR count). The average Bonchev–Trinajstić information content (AvgIpc) is 2.05. The third kappa shape index (κ3) is 2.28. The summed E-state index contributed by atoms with van der Waals surface area (Å²) in [5.74, 6) is 5.48. The Hall–Kier alpha value is -0.390. The molecule has 0 bridgehead atoms. The minimum atomic E-state index is 0.688. The van der Waals surface area contributed by atoms with Gasteiger partial charge >= 0.3 is 0 Å². The summed E-state index contributed by atoms with van der Waals surface area (Å²) in [5, 5.41) is 2.15. The van der Waals surface area contributed by atoms with Crippen molar-refractivity contribution in [1.29, 1.82) is 0 Å². The molecule has 0 saturated carbocycles. The predicted molar refractivity (Wildman–Crippen MR) is 46.9 cm³/mol. The number of hydrogen-bond donors (Lipinski definition) is 1. The lowest BCUT2D eigenvalue weighted by molar-refractivity contribution is 0.0646. The molecule has 1 saturated heterocycles. The van der Waals surface area contributed by atoms with Crippen LogP contribution in [0.3, 0.4) is 0 Å². The number of ether oxygens (including phenoxy) is 1. The van der Waals surface area contributed by atoms with E-state index in [-0.39, 0.29) is 0 Å². The fraction of sp³-hybridized carbons (Fsp3) is 0.833. The van der Waals surface area contributed by atoms with Crippen molar-refractivity contribution in [1.82, 2.24) is 9.91 Å². The number of nitrogens with zero attached hydrogens (tertiary/aromatic N) is 2. The molecule has 0 aromatic rings. The summed E-state index contributed by atoms with van der Waals surface area (Å²) < 4.78 is 5.17. The van der Waals surface area contributed by atoms with Crippen molar-refractivity contribution in [2.45, 2.75) is 0 Å². The van der Waals surface area contributed by atoms with Crippen LogP contribution in [0, 0.1) is 0 Å². The van der Waals surface area contributed by atoms with Crippen LogP contribution in [0.5, 0.6) is 0 Å². The first-order valence-electron chi connectivity index (χ1n) is 3.57. The van der Waals surface area contributed by atoms with Crippen LogP contribution in [0.25, 0.3) is 0 Å². The van der Waals surface area contributed by atoms with Crippen molar-refractivity contribution in [3.8, 4) is 0 Å². The Bertz CT molecular complexity index is 145. The lowest BCUT2D eigenvalue weighted by atomic mass is 10.4. The maximum absolute atomic E-state index is 5.48. The summed E-state index contributed by atoms with van der Waals surface area (Å²) in [6, 6.07) is 0. The Balaban J connectivity index is 2.39. The highest BCUT2D eigenvalue weighted by Gasteiger charge is 2.14. The maximum atomic E-state index is 5.48. The summed E-state index contributed by atoms with van der Waals surface area (Å²) >= 11 is 5.07. The van der Waals surface area contributed by atoms with E-state index in [9.17, 15) is 0 Å². The third-order valence-corrected chi connectivity index (χ3v) is 2.13. The van der Waals surface area contributed by atoms with E-state index in [2.05, 4.69) is 0 Å². The van der Waals surface area contributed by atoms with Crippen LogP contribution < -0.4 is 5.84 Å². The van der Waals surface area contributed by atoms with Crippen molar-refractivity contribution < 1.29 is 4.74 Å². The molecule has 1 heterocycles. The van der Waals surface area contributed by atoms with Gasteiger partial charge in [-0.15, -0.1) is 0 Å². The van der Waals surface area contributed by atoms with Gasteiger partial charge in [0.2, 0.25) is 0 Å². The van der Waals surface area contributed by atoms with Gasteiger partial charge in [0.25, 0.3) is 0 Å². The minimum Gasteiger partial charge on any atom is -0.378 e. The fourth-order valence-corrected chi connectivity index (χ4v) is 1.16. The van der Waals surface area contributed by atoms with E-state index in [1.807, 2.05) is 4.90 Å². The van der Waals surface area contributed by atoms with Crippen molar-refractivity contribution in [2.75, 3.05) is 33.4 Å². The van der Waals surface area contributed by atoms with Crippen molar-refractivity contribution >= 4 is 17.3 Å². The van der Waals surface area contributed by atoms with Crippen LogP contribution in [0.15, 0.2) is 0 Å². The van der Waals surface area contributed by atoms with E-state index in [0.717, 1.165) is 26.3 Å². The normalized spacial score (nSPS) is 18.2. The highest BCUT2D eigenvalue weighted by Crippen LogP contribution is 1.99. The molecule has 2 N–H and O–H groups in total. The van der Waals surface area contributed by atoms with Gasteiger partial charge in [-0.1, -0.05) is 0 Å². The molecule has 11 heavy (non-hydrogen) atoms. The molecule has 4 nitrogen and oxygen atoms in total. The molecule has 0 spiro atoms. The van der Waals surface area contributed by atoms with Gasteiger partial charge in [0.05, 0.1) is 13.2 Å². The molecule has 0 amide bonds. The summed E-state index contributed by atoms with van der Waals surface area (Å²) in [6.07, 6.45) is 0. The van der Waals surface area contributed by atoms with Crippen LogP contribution in [0.4, 0.5) is 0 Å². The van der Waals surface area contributed by atoms with Crippen LogP contribution >= 0.6 is 12.2 Å². The Morgan fingerprint density at radius 3 is 2.55 bits per heavy atom. The molecule has 1 aliphatic rings. The van der Waals surface area contributed by atoms with E-state index in [4.69, 9.17) is 22.8 Å². The second-order valence-electron chi connectivity index (χ2n) is 2.49. The Morgan fingerprint density at radius 2 is 2.09 bits per heavy atom. The Morgan fingerprint density at radius 1 is 1.55 bits per heavy atom. The van der Waals surface area contributed by atoms with Gasteiger partial charge in [0, 0.05) is 20.1 Å². The van der Waals surface area contributed by atoms with Crippen LogP contribution in [-0.2, 0) is 4.74 Å². The molecule has 64 valence electrons. The molecule has 1 aliphatic heterocycles. The third-order valence-electron chi connectivity index (χ3n) is 1.58. The number of rotatable bonds is 0. The van der Waals surface area contributed by atoms with Crippen molar-refractivity contribution in [3.63, 3.8) is 0 Å². The lowest BCUT2D eigenvalue weighted by Crippen LogP contribution is -2.48. The Kier molecular flexibility index (Phi) is 3.04. The van der Waals surface area contributed by atoms with Gasteiger partial charge in [0.1, 0.15) is 0 Å². The quantitative estimate of drug-likeness (QED) is 0.303. The highest BCUT2D eigenvalue weighted by molar-refractivity contribution is 7.80. The van der Waals surface area contributed by atoms with Gasteiger partial charge in [0.15, 0.2) is 5.11 Å². The first-order chi connectivity index (χ1) is 5.22. The smallest absolute Gasteiger partial charge is 0.185 e. The lowest BCUT2D eigenvalue weighted by Gasteiger charge is -2.31. The summed E-state index contributed by atoms with van der Waals surface area (Å²) in [7, 11) is 1.75. The molecular formula is C6H13N3OS. The van der Waals surface area contributed by atoms with Gasteiger partial charge in [-0.3, -0.25) is 5.01 Å². The number of hydrazine groups is 1. The summed E-state index contributed by atoms with van der Waals surface area (Å²) in [5.41, 5.74) is 0. The van der Waals surface area contributed by atoms with Crippen LogP contribution in [0.1, 0.15) is 0 Å². The molecule has 1 fully saturated rings. The van der Waals surface area contributed by atoms with Crippen LogP contribution in [-0.4, -0.2) is 48.4 Å². The number of thiocarbonyl (C=S) groups is 1. The molecule has 0 aromatic carbocycles. The van der Waals surface area contributed by atoms with E-state index >= 15 is 0 Å². The topological polar surface area (TPSA) is 41.7 Å². The molecule has 0 atom stereocenters. The molecule has 0 aliphatic carbocycles. The van der Waals surface area contributed by atoms with E-state index < -0.39 is 0 Å². The molecule has 0 aromatic heterocycles. The highest BCUT2D eigenvalue weighted by atomic mass is 32.1.